The van der Waals surface area contributed by atoms with E-state index in [1.807, 2.05) is 12.1 Å². The number of aliphatic hydroxyl groups excluding tert-OH is 1. The van der Waals surface area contributed by atoms with Gasteiger partial charge in [0.15, 0.2) is 17.5 Å². The fourth-order valence-electron chi connectivity index (χ4n) is 3.35. The molecule has 4 heterocycles. The number of likely N-dealkylation sites (N-methyl/N-ethyl adjacent to an activating group) is 1. The lowest BCUT2D eigenvalue weighted by Gasteiger charge is -2.24. The van der Waals surface area contributed by atoms with E-state index in [4.69, 9.17) is 5.11 Å². The minimum atomic E-state index is -0.0530. The summed E-state index contributed by atoms with van der Waals surface area (Å²) in [5, 5.41) is 16.5. The summed E-state index contributed by atoms with van der Waals surface area (Å²) in [4.78, 5) is 30.5. The van der Waals surface area contributed by atoms with E-state index in [9.17, 15) is 4.79 Å². The van der Waals surface area contributed by atoms with Crippen molar-refractivity contribution in [2.75, 3.05) is 30.9 Å². The number of hydrogen-bond acceptors (Lipinski definition) is 8. The van der Waals surface area contributed by atoms with Crippen LogP contribution in [0.5, 0.6) is 0 Å². The fourth-order valence-corrected chi connectivity index (χ4v) is 3.35. The summed E-state index contributed by atoms with van der Waals surface area (Å²) < 4.78 is 0. The Hall–Kier alpha value is -3.40. The first-order valence-electron chi connectivity index (χ1n) is 10.4. The summed E-state index contributed by atoms with van der Waals surface area (Å²) >= 11 is 0. The third-order valence-corrected chi connectivity index (χ3v) is 5.07. The molecule has 0 unspecified atom stereocenters. The monoisotopic (exact) mass is 424 g/mol. The van der Waals surface area contributed by atoms with Crippen molar-refractivity contribution in [3.05, 3.63) is 30.9 Å². The zero-order chi connectivity index (χ0) is 22.1. The summed E-state index contributed by atoms with van der Waals surface area (Å²) in [5.41, 5.74) is 2.13. The van der Waals surface area contributed by atoms with E-state index in [2.05, 4.69) is 35.5 Å². The quantitative estimate of drug-likeness (QED) is 0.572. The van der Waals surface area contributed by atoms with Crippen LogP contribution in [0.3, 0.4) is 0 Å². The number of aromatic amines is 1. The fraction of sp³-hybridized carbons (Fsp3) is 0.429. The number of anilines is 2. The Morgan fingerprint density at radius 1 is 0.935 bits per heavy atom. The van der Waals surface area contributed by atoms with Crippen LogP contribution in [0, 0.1) is 0 Å². The van der Waals surface area contributed by atoms with Crippen LogP contribution in [0.2, 0.25) is 0 Å². The summed E-state index contributed by atoms with van der Waals surface area (Å²) in [6.07, 6.45) is 13.8. The second kappa shape index (κ2) is 11.1. The van der Waals surface area contributed by atoms with Crippen LogP contribution in [-0.4, -0.2) is 61.8 Å². The van der Waals surface area contributed by atoms with Crippen molar-refractivity contribution in [1.82, 2.24) is 30.1 Å². The largest absolute Gasteiger partial charge is 0.400 e. The van der Waals surface area contributed by atoms with E-state index in [0.29, 0.717) is 28.8 Å². The molecule has 0 aromatic carbocycles. The molecule has 1 saturated carbocycles. The SMILES string of the molecule is C1CCCCC1.CN1C(=O)CNc2ncc(-c3ccc(-c4ncn[nH]4)nc3)nc21.CO. The smallest absolute Gasteiger partial charge is 0.247 e. The van der Waals surface area contributed by atoms with Crippen molar-refractivity contribution in [3.8, 4) is 22.8 Å². The Morgan fingerprint density at radius 2 is 1.65 bits per heavy atom. The lowest BCUT2D eigenvalue weighted by Crippen LogP contribution is -2.38. The highest BCUT2D eigenvalue weighted by molar-refractivity contribution is 6.00. The number of H-pyrrole nitrogens is 1. The Morgan fingerprint density at radius 3 is 2.23 bits per heavy atom. The van der Waals surface area contributed by atoms with Crippen molar-refractivity contribution >= 4 is 17.5 Å². The molecule has 2 aliphatic rings. The minimum Gasteiger partial charge on any atom is -0.400 e. The molecule has 3 aromatic heterocycles. The van der Waals surface area contributed by atoms with Crippen LogP contribution in [0.15, 0.2) is 30.9 Å². The van der Waals surface area contributed by atoms with Gasteiger partial charge in [0.05, 0.1) is 18.4 Å². The first-order chi connectivity index (χ1) is 15.2. The Labute approximate surface area is 181 Å². The maximum Gasteiger partial charge on any atom is 0.247 e. The van der Waals surface area contributed by atoms with Gasteiger partial charge in [-0.05, 0) is 12.1 Å². The van der Waals surface area contributed by atoms with E-state index < -0.39 is 0 Å². The molecule has 0 radical (unpaired) electrons. The molecule has 1 amide bonds. The first kappa shape index (κ1) is 22.3. The molecule has 0 saturated heterocycles. The van der Waals surface area contributed by atoms with Gasteiger partial charge in [-0.1, -0.05) is 38.5 Å². The average Bonchev–Trinajstić information content (AvgIpc) is 3.39. The molecule has 0 atom stereocenters. The van der Waals surface area contributed by atoms with Crippen LogP contribution in [0.25, 0.3) is 22.8 Å². The number of fused-ring (bicyclic) bond motifs is 1. The summed E-state index contributed by atoms with van der Waals surface area (Å²) in [6.45, 7) is 0.227. The van der Waals surface area contributed by atoms with Gasteiger partial charge in [-0.25, -0.2) is 15.0 Å². The summed E-state index contributed by atoms with van der Waals surface area (Å²) in [7, 11) is 2.69. The molecule has 5 rings (SSSR count). The van der Waals surface area contributed by atoms with Gasteiger partial charge in [-0.3, -0.25) is 19.8 Å². The maximum atomic E-state index is 11.7. The van der Waals surface area contributed by atoms with Gasteiger partial charge in [0.2, 0.25) is 5.91 Å². The van der Waals surface area contributed by atoms with Gasteiger partial charge in [0, 0.05) is 25.9 Å². The van der Waals surface area contributed by atoms with Crippen LogP contribution < -0.4 is 10.2 Å². The first-order valence-corrected chi connectivity index (χ1v) is 10.4. The van der Waals surface area contributed by atoms with Crippen LogP contribution >= 0.6 is 0 Å². The highest BCUT2D eigenvalue weighted by Crippen LogP contribution is 2.27. The molecule has 1 fully saturated rings. The van der Waals surface area contributed by atoms with E-state index in [1.165, 1.54) is 49.8 Å². The van der Waals surface area contributed by atoms with Gasteiger partial charge in [-0.15, -0.1) is 0 Å². The number of nitrogens with zero attached hydrogens (tertiary/aromatic N) is 6. The number of nitrogens with one attached hydrogen (secondary N) is 2. The Balaban J connectivity index is 0.000000291. The molecule has 1 aliphatic heterocycles. The number of amides is 1. The number of rotatable bonds is 2. The zero-order valence-corrected chi connectivity index (χ0v) is 17.9. The molecular formula is C21H28N8O2. The van der Waals surface area contributed by atoms with Crippen molar-refractivity contribution < 1.29 is 9.90 Å². The lowest BCUT2D eigenvalue weighted by atomic mass is 10.0. The maximum absolute atomic E-state index is 11.7. The van der Waals surface area contributed by atoms with Crippen LogP contribution in [0.4, 0.5) is 11.6 Å². The molecule has 1 aliphatic carbocycles. The van der Waals surface area contributed by atoms with Gasteiger partial charge < -0.3 is 10.4 Å². The number of carbonyl (C=O) groups excluding carboxylic acids is 1. The zero-order valence-electron chi connectivity index (χ0n) is 17.9. The Kier molecular flexibility index (Phi) is 7.99. The third-order valence-electron chi connectivity index (χ3n) is 5.07. The number of aliphatic hydroxyl groups is 1. The molecule has 31 heavy (non-hydrogen) atoms. The molecule has 10 heteroatoms. The average molecular weight is 425 g/mol. The number of carbonyl (C=O) groups is 1. The van der Waals surface area contributed by atoms with Crippen LogP contribution in [-0.2, 0) is 4.79 Å². The number of pyridine rings is 1. The van der Waals surface area contributed by atoms with Crippen molar-refractivity contribution in [2.45, 2.75) is 38.5 Å². The summed E-state index contributed by atoms with van der Waals surface area (Å²) in [6, 6.07) is 3.70. The second-order valence-electron chi connectivity index (χ2n) is 7.12. The Bertz CT molecular complexity index is 945. The van der Waals surface area contributed by atoms with Crippen molar-refractivity contribution in [3.63, 3.8) is 0 Å². The lowest BCUT2D eigenvalue weighted by molar-refractivity contribution is -0.116. The van der Waals surface area contributed by atoms with Crippen molar-refractivity contribution in [2.24, 2.45) is 0 Å². The molecule has 0 spiro atoms. The topological polar surface area (TPSA) is 133 Å². The number of aromatic nitrogens is 6. The standard InChI is InChI=1S/C14H12N8O.C6H12.CH4O/c1-22-11(23)6-17-13-14(22)20-10(5-16-13)8-2-3-9(15-4-8)12-18-7-19-21-12;1-2-4-6-5-3-1;1-2/h2-5,7H,6H2,1H3,(H,16,17)(H,18,19,21);1-6H2;2H,1H3. The predicted molar refractivity (Wildman–Crippen MR) is 118 cm³/mol. The molecule has 164 valence electrons. The molecular weight excluding hydrogens is 396 g/mol. The van der Waals surface area contributed by atoms with E-state index >= 15 is 0 Å². The highest BCUT2D eigenvalue weighted by atomic mass is 16.2. The normalized spacial score (nSPS) is 14.9. The number of hydrogen-bond donors (Lipinski definition) is 3. The second-order valence-corrected chi connectivity index (χ2v) is 7.12. The molecule has 3 N–H and O–H groups in total. The highest BCUT2D eigenvalue weighted by Gasteiger charge is 2.23. The van der Waals surface area contributed by atoms with E-state index in [-0.39, 0.29) is 12.5 Å². The summed E-state index contributed by atoms with van der Waals surface area (Å²) in [5.74, 6) is 1.66. The molecule has 0 bridgehead atoms. The molecule has 3 aromatic rings. The molecule has 10 nitrogen and oxygen atoms in total. The minimum absolute atomic E-state index is 0.0530. The van der Waals surface area contributed by atoms with E-state index in [0.717, 1.165) is 12.7 Å². The third kappa shape index (κ3) is 5.60. The van der Waals surface area contributed by atoms with Gasteiger partial charge in [0.25, 0.3) is 0 Å². The van der Waals surface area contributed by atoms with Gasteiger partial charge >= 0.3 is 0 Å². The van der Waals surface area contributed by atoms with Crippen LogP contribution in [0.1, 0.15) is 38.5 Å². The van der Waals surface area contributed by atoms with Crippen molar-refractivity contribution in [1.29, 1.82) is 0 Å². The van der Waals surface area contributed by atoms with Gasteiger partial charge in [0.1, 0.15) is 12.0 Å². The predicted octanol–water partition coefficient (Wildman–Crippen LogP) is 2.66. The van der Waals surface area contributed by atoms with Gasteiger partial charge in [-0.2, -0.15) is 5.10 Å². The van der Waals surface area contributed by atoms with E-state index in [1.54, 1.807) is 19.4 Å².